The molecule has 3 rings (SSSR count). The minimum atomic E-state index is 0.0127. The molecule has 0 spiro atoms. The summed E-state index contributed by atoms with van der Waals surface area (Å²) in [6.07, 6.45) is 4.56. The molecule has 7 heteroatoms. The van der Waals surface area contributed by atoms with Gasteiger partial charge in [0.05, 0.1) is 6.54 Å². The van der Waals surface area contributed by atoms with Crippen molar-refractivity contribution < 1.29 is 4.79 Å². The lowest BCUT2D eigenvalue weighted by Gasteiger charge is -2.34. The monoisotopic (exact) mass is 361 g/mol. The summed E-state index contributed by atoms with van der Waals surface area (Å²) in [4.78, 5) is 20.9. The lowest BCUT2D eigenvalue weighted by atomic mass is 10.1. The number of aryl methyl sites for hydroxylation is 1. The first kappa shape index (κ1) is 17.8. The van der Waals surface area contributed by atoms with Gasteiger partial charge in [-0.1, -0.05) is 23.7 Å². The van der Waals surface area contributed by atoms with E-state index in [0.717, 1.165) is 55.6 Å². The summed E-state index contributed by atoms with van der Waals surface area (Å²) in [7, 11) is 2.01. The molecule has 1 aromatic carbocycles. The number of benzene rings is 1. The number of aromatic nitrogens is 2. The van der Waals surface area contributed by atoms with Crippen LogP contribution in [0, 0.1) is 0 Å². The van der Waals surface area contributed by atoms with Crippen molar-refractivity contribution in [3.05, 3.63) is 53.1 Å². The lowest BCUT2D eigenvalue weighted by molar-refractivity contribution is 0.133. The van der Waals surface area contributed by atoms with Crippen LogP contribution in [0.2, 0.25) is 5.02 Å². The number of amides is 2. The lowest BCUT2D eigenvalue weighted by Crippen LogP contribution is -2.51. The Labute approximate surface area is 153 Å². The number of carbonyl (C=O) groups excluding carboxylic acids is 1. The Morgan fingerprint density at radius 2 is 2.08 bits per heavy atom. The van der Waals surface area contributed by atoms with Gasteiger partial charge in [-0.2, -0.15) is 0 Å². The number of carbonyl (C=O) groups is 1. The maximum Gasteiger partial charge on any atom is 0.317 e. The summed E-state index contributed by atoms with van der Waals surface area (Å²) in [5.41, 5.74) is 1.13. The number of halogens is 1. The molecule has 1 aliphatic heterocycles. The molecule has 2 heterocycles. The highest BCUT2D eigenvalue weighted by Gasteiger charge is 2.21. The number of hydrogen-bond donors (Lipinski definition) is 1. The first-order valence-corrected chi connectivity index (χ1v) is 8.95. The molecule has 134 valence electrons. The van der Waals surface area contributed by atoms with E-state index in [1.807, 2.05) is 53.2 Å². The Hall–Kier alpha value is -2.05. The maximum atomic E-state index is 12.3. The van der Waals surface area contributed by atoms with Gasteiger partial charge in [-0.15, -0.1) is 0 Å². The molecule has 2 amide bonds. The van der Waals surface area contributed by atoms with E-state index >= 15 is 0 Å². The first-order chi connectivity index (χ1) is 12.1. The molecule has 0 radical (unpaired) electrons. The number of nitrogens with one attached hydrogen (secondary N) is 1. The van der Waals surface area contributed by atoms with Crippen molar-refractivity contribution in [1.29, 1.82) is 0 Å². The fourth-order valence-corrected chi connectivity index (χ4v) is 3.19. The van der Waals surface area contributed by atoms with Gasteiger partial charge in [-0.25, -0.2) is 9.78 Å². The van der Waals surface area contributed by atoms with Gasteiger partial charge in [0.15, 0.2) is 0 Å². The van der Waals surface area contributed by atoms with Crippen molar-refractivity contribution in [2.45, 2.75) is 13.0 Å². The molecule has 1 aliphatic rings. The summed E-state index contributed by atoms with van der Waals surface area (Å²) >= 11 is 5.98. The standard InChI is InChI=1S/C18H24ClN5O/c1-22-8-7-20-17(22)14-23-9-11-24(12-10-23)18(25)21-6-5-15-3-2-4-16(19)13-15/h2-4,7-8,13H,5-6,9-12,14H2,1H3,(H,21,25). The SMILES string of the molecule is Cn1ccnc1CN1CCN(C(=O)NCCc2cccc(Cl)c2)CC1. The van der Waals surface area contributed by atoms with Crippen LogP contribution in [0.3, 0.4) is 0 Å². The minimum Gasteiger partial charge on any atom is -0.338 e. The quantitative estimate of drug-likeness (QED) is 0.887. The van der Waals surface area contributed by atoms with Gasteiger partial charge in [0.1, 0.15) is 5.82 Å². The van der Waals surface area contributed by atoms with Gasteiger partial charge >= 0.3 is 6.03 Å². The minimum absolute atomic E-state index is 0.0127. The zero-order valence-electron chi connectivity index (χ0n) is 14.5. The van der Waals surface area contributed by atoms with E-state index in [1.54, 1.807) is 0 Å². The van der Waals surface area contributed by atoms with Crippen molar-refractivity contribution >= 4 is 17.6 Å². The van der Waals surface area contributed by atoms with Crippen LogP contribution >= 0.6 is 11.6 Å². The van der Waals surface area contributed by atoms with Gasteiger partial charge in [-0.3, -0.25) is 4.90 Å². The third-order valence-electron chi connectivity index (χ3n) is 4.52. The molecule has 2 aromatic rings. The average Bonchev–Trinajstić information content (AvgIpc) is 3.00. The van der Waals surface area contributed by atoms with Crippen molar-refractivity contribution in [2.75, 3.05) is 32.7 Å². The summed E-state index contributed by atoms with van der Waals surface area (Å²) < 4.78 is 2.04. The predicted molar refractivity (Wildman–Crippen MR) is 98.6 cm³/mol. The number of imidazole rings is 1. The Bertz CT molecular complexity index is 709. The maximum absolute atomic E-state index is 12.3. The first-order valence-electron chi connectivity index (χ1n) is 8.57. The van der Waals surface area contributed by atoms with Crippen LogP contribution in [0.15, 0.2) is 36.7 Å². The molecule has 1 saturated heterocycles. The molecule has 0 saturated carbocycles. The van der Waals surface area contributed by atoms with Gasteiger partial charge in [0.25, 0.3) is 0 Å². The molecule has 6 nitrogen and oxygen atoms in total. The molecule has 0 bridgehead atoms. The molecule has 0 unspecified atom stereocenters. The van der Waals surface area contributed by atoms with Crippen LogP contribution < -0.4 is 5.32 Å². The van der Waals surface area contributed by atoms with Crippen LogP contribution in [-0.4, -0.2) is 58.1 Å². The average molecular weight is 362 g/mol. The highest BCUT2D eigenvalue weighted by Crippen LogP contribution is 2.11. The fourth-order valence-electron chi connectivity index (χ4n) is 2.98. The van der Waals surface area contributed by atoms with Crippen molar-refractivity contribution in [1.82, 2.24) is 24.7 Å². The van der Waals surface area contributed by atoms with Crippen LogP contribution in [0.5, 0.6) is 0 Å². The highest BCUT2D eigenvalue weighted by atomic mass is 35.5. The number of hydrogen-bond acceptors (Lipinski definition) is 3. The Kier molecular flexibility index (Phi) is 5.94. The van der Waals surface area contributed by atoms with Gasteiger partial charge < -0.3 is 14.8 Å². The second kappa shape index (κ2) is 8.36. The summed E-state index contributed by atoms with van der Waals surface area (Å²) in [5, 5.41) is 3.73. The van der Waals surface area contributed by atoms with E-state index < -0.39 is 0 Å². The summed E-state index contributed by atoms with van der Waals surface area (Å²) in [6, 6.07) is 7.76. The Morgan fingerprint density at radius 1 is 1.28 bits per heavy atom. The van der Waals surface area contributed by atoms with Crippen molar-refractivity contribution in [2.24, 2.45) is 7.05 Å². The van der Waals surface area contributed by atoms with E-state index in [2.05, 4.69) is 15.2 Å². The number of rotatable bonds is 5. The van der Waals surface area contributed by atoms with E-state index in [-0.39, 0.29) is 6.03 Å². The summed E-state index contributed by atoms with van der Waals surface area (Å²) in [5.74, 6) is 1.06. The molecule has 1 aromatic heterocycles. The summed E-state index contributed by atoms with van der Waals surface area (Å²) in [6.45, 7) is 4.67. The van der Waals surface area contributed by atoms with Crippen molar-refractivity contribution in [3.8, 4) is 0 Å². The normalized spacial score (nSPS) is 15.4. The number of nitrogens with zero attached hydrogens (tertiary/aromatic N) is 4. The smallest absolute Gasteiger partial charge is 0.317 e. The Balaban J connectivity index is 1.38. The molecule has 0 aliphatic carbocycles. The molecular formula is C18H24ClN5O. The Morgan fingerprint density at radius 3 is 2.76 bits per heavy atom. The topological polar surface area (TPSA) is 53.4 Å². The second-order valence-corrected chi connectivity index (χ2v) is 6.77. The predicted octanol–water partition coefficient (Wildman–Crippen LogP) is 2.14. The van der Waals surface area contributed by atoms with Gasteiger partial charge in [0, 0.05) is 57.2 Å². The number of piperazine rings is 1. The van der Waals surface area contributed by atoms with Gasteiger partial charge in [0.2, 0.25) is 0 Å². The third-order valence-corrected chi connectivity index (χ3v) is 4.76. The van der Waals surface area contributed by atoms with Crippen molar-refractivity contribution in [3.63, 3.8) is 0 Å². The molecular weight excluding hydrogens is 338 g/mol. The molecule has 25 heavy (non-hydrogen) atoms. The molecule has 1 fully saturated rings. The zero-order valence-corrected chi connectivity index (χ0v) is 15.2. The fraction of sp³-hybridized carbons (Fsp3) is 0.444. The van der Waals surface area contributed by atoms with E-state index in [9.17, 15) is 4.79 Å². The van der Waals surface area contributed by atoms with Crippen LogP contribution in [-0.2, 0) is 20.0 Å². The molecule has 0 atom stereocenters. The van der Waals surface area contributed by atoms with Crippen LogP contribution in [0.4, 0.5) is 4.79 Å². The van der Waals surface area contributed by atoms with Gasteiger partial charge in [-0.05, 0) is 24.1 Å². The van der Waals surface area contributed by atoms with Crippen LogP contribution in [0.25, 0.3) is 0 Å². The highest BCUT2D eigenvalue weighted by molar-refractivity contribution is 6.30. The van der Waals surface area contributed by atoms with Crippen LogP contribution in [0.1, 0.15) is 11.4 Å². The third kappa shape index (κ3) is 4.96. The van der Waals surface area contributed by atoms with E-state index in [0.29, 0.717) is 6.54 Å². The zero-order chi connectivity index (χ0) is 17.6. The van der Waals surface area contributed by atoms with E-state index in [4.69, 9.17) is 11.6 Å². The number of urea groups is 1. The second-order valence-electron chi connectivity index (χ2n) is 6.33. The van der Waals surface area contributed by atoms with E-state index in [1.165, 1.54) is 0 Å². The molecule has 1 N–H and O–H groups in total. The largest absolute Gasteiger partial charge is 0.338 e.